The van der Waals surface area contributed by atoms with Crippen molar-refractivity contribution in [3.8, 4) is 0 Å². The van der Waals surface area contributed by atoms with Crippen LogP contribution in [0.25, 0.3) is 0 Å². The molecule has 1 aliphatic heterocycles. The number of aliphatic hydroxyl groups is 1. The number of rotatable bonds is 4. The fourth-order valence-electron chi connectivity index (χ4n) is 2.71. The van der Waals surface area contributed by atoms with Gasteiger partial charge in [0.2, 0.25) is 0 Å². The van der Waals surface area contributed by atoms with E-state index in [9.17, 15) is 5.11 Å². The number of hydrogen-bond donors (Lipinski definition) is 1. The highest BCUT2D eigenvalue weighted by Gasteiger charge is 2.18. The van der Waals surface area contributed by atoms with Crippen molar-refractivity contribution in [3.05, 3.63) is 34.4 Å². The Bertz CT molecular complexity index is 406. The van der Waals surface area contributed by atoms with Crippen molar-refractivity contribution in [3.63, 3.8) is 0 Å². The lowest BCUT2D eigenvalue weighted by Gasteiger charge is -2.17. The first-order chi connectivity index (χ1) is 8.58. The van der Waals surface area contributed by atoms with Crippen LogP contribution in [-0.4, -0.2) is 17.8 Å². The molecule has 0 spiro atoms. The van der Waals surface area contributed by atoms with Crippen LogP contribution in [0.5, 0.6) is 0 Å². The van der Waals surface area contributed by atoms with Crippen LogP contribution in [-0.2, 0) is 4.74 Å². The molecule has 0 amide bonds. The van der Waals surface area contributed by atoms with Crippen LogP contribution < -0.4 is 0 Å². The van der Waals surface area contributed by atoms with Gasteiger partial charge in [-0.3, -0.25) is 0 Å². The summed E-state index contributed by atoms with van der Waals surface area (Å²) < 4.78 is 5.60. The van der Waals surface area contributed by atoms with Crippen molar-refractivity contribution in [2.24, 2.45) is 0 Å². The Morgan fingerprint density at radius 1 is 1.22 bits per heavy atom. The molecule has 2 nitrogen and oxygen atoms in total. The summed E-state index contributed by atoms with van der Waals surface area (Å²) in [6, 6.07) is 4.30. The standard InChI is InChI=1S/C16H24O2/c1-11-9-13(3)15(10-12(11)2)16(17)7-6-14-5-4-8-18-14/h9-10,14,16-17H,4-8H2,1-3H3. The Kier molecular flexibility index (Phi) is 4.41. The average Bonchev–Trinajstić information content (AvgIpc) is 2.84. The van der Waals surface area contributed by atoms with Gasteiger partial charge in [0.05, 0.1) is 12.2 Å². The molecule has 2 atom stereocenters. The number of aliphatic hydroxyl groups excluding tert-OH is 1. The molecule has 1 N–H and O–H groups in total. The molecular weight excluding hydrogens is 224 g/mol. The first-order valence-electron chi connectivity index (χ1n) is 6.95. The normalized spacial score (nSPS) is 21.2. The van der Waals surface area contributed by atoms with Crippen LogP contribution in [0, 0.1) is 20.8 Å². The number of aryl methyl sites for hydroxylation is 3. The minimum absolute atomic E-state index is 0.353. The van der Waals surface area contributed by atoms with Crippen LogP contribution in [0.2, 0.25) is 0 Å². The molecule has 1 heterocycles. The molecule has 100 valence electrons. The predicted molar refractivity (Wildman–Crippen MR) is 73.8 cm³/mol. The van der Waals surface area contributed by atoms with E-state index in [4.69, 9.17) is 4.74 Å². The maximum absolute atomic E-state index is 10.3. The van der Waals surface area contributed by atoms with Gasteiger partial charge >= 0.3 is 0 Å². The molecule has 18 heavy (non-hydrogen) atoms. The van der Waals surface area contributed by atoms with E-state index in [1.807, 2.05) is 0 Å². The van der Waals surface area contributed by atoms with Crippen LogP contribution in [0.4, 0.5) is 0 Å². The molecule has 2 heteroatoms. The fourth-order valence-corrected chi connectivity index (χ4v) is 2.71. The van der Waals surface area contributed by atoms with Crippen molar-refractivity contribution in [2.75, 3.05) is 6.61 Å². The maximum Gasteiger partial charge on any atom is 0.0793 e. The van der Waals surface area contributed by atoms with Crippen molar-refractivity contribution >= 4 is 0 Å². The first-order valence-corrected chi connectivity index (χ1v) is 6.95. The fraction of sp³-hybridized carbons (Fsp3) is 0.625. The minimum atomic E-state index is -0.353. The van der Waals surface area contributed by atoms with Gasteiger partial charge in [0.15, 0.2) is 0 Å². The molecule has 2 unspecified atom stereocenters. The lowest BCUT2D eigenvalue weighted by atomic mass is 9.94. The molecule has 1 fully saturated rings. The predicted octanol–water partition coefficient (Wildman–Crippen LogP) is 3.60. The number of benzene rings is 1. The summed E-state index contributed by atoms with van der Waals surface area (Å²) in [5, 5.41) is 10.3. The zero-order valence-corrected chi connectivity index (χ0v) is 11.7. The van der Waals surface area contributed by atoms with E-state index in [2.05, 4.69) is 32.9 Å². The zero-order valence-electron chi connectivity index (χ0n) is 11.7. The molecule has 1 aliphatic rings. The molecular formula is C16H24O2. The highest BCUT2D eigenvalue weighted by molar-refractivity contribution is 5.37. The quantitative estimate of drug-likeness (QED) is 0.882. The second-order valence-electron chi connectivity index (χ2n) is 5.52. The summed E-state index contributed by atoms with van der Waals surface area (Å²) in [7, 11) is 0. The monoisotopic (exact) mass is 248 g/mol. The van der Waals surface area contributed by atoms with Crippen LogP contribution in [0.15, 0.2) is 12.1 Å². The zero-order chi connectivity index (χ0) is 13.1. The van der Waals surface area contributed by atoms with Gasteiger partial charge in [-0.15, -0.1) is 0 Å². The molecule has 1 saturated heterocycles. The van der Waals surface area contributed by atoms with Crippen LogP contribution >= 0.6 is 0 Å². The molecule has 1 aromatic carbocycles. The lowest BCUT2D eigenvalue weighted by molar-refractivity contribution is 0.0811. The molecule has 2 rings (SSSR count). The number of ether oxygens (including phenoxy) is 1. The van der Waals surface area contributed by atoms with Crippen LogP contribution in [0.1, 0.15) is 54.0 Å². The van der Waals surface area contributed by atoms with Gasteiger partial charge in [0.1, 0.15) is 0 Å². The Hall–Kier alpha value is -0.860. The second kappa shape index (κ2) is 5.85. The Morgan fingerprint density at radius 2 is 1.94 bits per heavy atom. The smallest absolute Gasteiger partial charge is 0.0793 e. The molecule has 0 radical (unpaired) electrons. The van der Waals surface area contributed by atoms with Crippen molar-refractivity contribution in [1.29, 1.82) is 0 Å². The largest absolute Gasteiger partial charge is 0.388 e. The van der Waals surface area contributed by atoms with Gasteiger partial charge in [-0.1, -0.05) is 12.1 Å². The maximum atomic E-state index is 10.3. The van der Waals surface area contributed by atoms with Gasteiger partial charge in [-0.05, 0) is 68.7 Å². The van der Waals surface area contributed by atoms with Crippen LogP contribution in [0.3, 0.4) is 0 Å². The highest BCUT2D eigenvalue weighted by Crippen LogP contribution is 2.27. The van der Waals surface area contributed by atoms with Crippen molar-refractivity contribution in [1.82, 2.24) is 0 Å². The second-order valence-corrected chi connectivity index (χ2v) is 5.52. The molecule has 0 aromatic heterocycles. The van der Waals surface area contributed by atoms with Crippen molar-refractivity contribution in [2.45, 2.75) is 58.7 Å². The van der Waals surface area contributed by atoms with E-state index in [1.165, 1.54) is 23.1 Å². The van der Waals surface area contributed by atoms with Gasteiger partial charge in [0, 0.05) is 6.61 Å². The van der Waals surface area contributed by atoms with Gasteiger partial charge in [0.25, 0.3) is 0 Å². The first kappa shape index (κ1) is 13.6. The SMILES string of the molecule is Cc1cc(C)c(C(O)CCC2CCCO2)cc1C. The molecule has 0 saturated carbocycles. The van der Waals surface area contributed by atoms with Crippen molar-refractivity contribution < 1.29 is 9.84 Å². The van der Waals surface area contributed by atoms with E-state index >= 15 is 0 Å². The van der Waals surface area contributed by atoms with Gasteiger partial charge in [-0.2, -0.15) is 0 Å². The topological polar surface area (TPSA) is 29.5 Å². The summed E-state index contributed by atoms with van der Waals surface area (Å²) in [4.78, 5) is 0. The Morgan fingerprint density at radius 3 is 2.61 bits per heavy atom. The summed E-state index contributed by atoms with van der Waals surface area (Å²) in [5.74, 6) is 0. The third kappa shape index (κ3) is 3.12. The summed E-state index contributed by atoms with van der Waals surface area (Å²) in [5.41, 5.74) is 4.82. The van der Waals surface area contributed by atoms with E-state index in [-0.39, 0.29) is 6.10 Å². The summed E-state index contributed by atoms with van der Waals surface area (Å²) in [6.07, 6.45) is 4.10. The average molecular weight is 248 g/mol. The third-order valence-corrected chi connectivity index (χ3v) is 4.03. The van der Waals surface area contributed by atoms with E-state index in [1.54, 1.807) is 0 Å². The number of hydrogen-bond acceptors (Lipinski definition) is 2. The minimum Gasteiger partial charge on any atom is -0.388 e. The Labute approximate surface area is 110 Å². The van der Waals surface area contributed by atoms with E-state index in [0.29, 0.717) is 6.10 Å². The molecule has 1 aromatic rings. The lowest BCUT2D eigenvalue weighted by Crippen LogP contribution is -2.09. The third-order valence-electron chi connectivity index (χ3n) is 4.03. The van der Waals surface area contributed by atoms with Gasteiger partial charge in [-0.25, -0.2) is 0 Å². The molecule has 0 aliphatic carbocycles. The van der Waals surface area contributed by atoms with E-state index < -0.39 is 0 Å². The highest BCUT2D eigenvalue weighted by atomic mass is 16.5. The Balaban J connectivity index is 1.99. The summed E-state index contributed by atoms with van der Waals surface area (Å²) >= 11 is 0. The molecule has 0 bridgehead atoms. The summed E-state index contributed by atoms with van der Waals surface area (Å²) in [6.45, 7) is 7.19. The van der Waals surface area contributed by atoms with Gasteiger partial charge < -0.3 is 9.84 Å². The van der Waals surface area contributed by atoms with E-state index in [0.717, 1.165) is 31.4 Å².